The van der Waals surface area contributed by atoms with Gasteiger partial charge in [0.05, 0.1) is 6.10 Å². The molecule has 0 aromatic rings. The van der Waals surface area contributed by atoms with Gasteiger partial charge in [-0.15, -0.1) is 0 Å². The molecular formula is C10H20N4O3. The molecule has 1 unspecified atom stereocenters. The van der Waals surface area contributed by atoms with Crippen LogP contribution >= 0.6 is 0 Å². The lowest BCUT2D eigenvalue weighted by Crippen LogP contribution is -2.42. The number of rotatable bonds is 6. The number of guanidine groups is 1. The maximum absolute atomic E-state index is 10.4. The Labute approximate surface area is 101 Å². The van der Waals surface area contributed by atoms with E-state index in [4.69, 9.17) is 4.74 Å². The predicted octanol–water partition coefficient (Wildman–Crippen LogP) is 0.991. The van der Waals surface area contributed by atoms with Crippen molar-refractivity contribution in [2.75, 3.05) is 13.1 Å². The van der Waals surface area contributed by atoms with E-state index in [0.717, 1.165) is 12.8 Å². The summed E-state index contributed by atoms with van der Waals surface area (Å²) in [6.45, 7) is 7.32. The molecule has 1 saturated heterocycles. The number of nitro groups is 1. The molecule has 17 heavy (non-hydrogen) atoms. The molecule has 1 N–H and O–H groups in total. The largest absolute Gasteiger partial charge is 0.356 e. The van der Waals surface area contributed by atoms with Gasteiger partial charge in [-0.3, -0.25) is 0 Å². The van der Waals surface area contributed by atoms with Gasteiger partial charge in [0.1, 0.15) is 11.3 Å². The summed E-state index contributed by atoms with van der Waals surface area (Å²) in [4.78, 5) is 12.2. The monoisotopic (exact) mass is 244 g/mol. The Bertz CT molecular complexity index is 293. The zero-order valence-corrected chi connectivity index (χ0v) is 10.5. The fourth-order valence-corrected chi connectivity index (χ4v) is 1.80. The molecule has 0 radical (unpaired) electrons. The second kappa shape index (κ2) is 6.39. The third kappa shape index (κ3) is 4.18. The number of hydrogen-bond acceptors (Lipinski definition) is 3. The maximum Gasteiger partial charge on any atom is 0.273 e. The fourth-order valence-electron chi connectivity index (χ4n) is 1.80. The van der Waals surface area contributed by atoms with Crippen LogP contribution in [0.25, 0.3) is 0 Å². The molecule has 7 heteroatoms. The highest BCUT2D eigenvalue weighted by atomic mass is 16.7. The Morgan fingerprint density at radius 2 is 2.35 bits per heavy atom. The van der Waals surface area contributed by atoms with E-state index in [1.165, 1.54) is 0 Å². The van der Waals surface area contributed by atoms with Crippen molar-refractivity contribution >= 4 is 5.96 Å². The van der Waals surface area contributed by atoms with E-state index in [1.807, 2.05) is 18.7 Å². The van der Waals surface area contributed by atoms with Crippen molar-refractivity contribution in [2.45, 2.75) is 45.9 Å². The molecule has 0 bridgehead atoms. The molecule has 1 aliphatic rings. The molecule has 1 atom stereocenters. The van der Waals surface area contributed by atoms with Gasteiger partial charge in [-0.05, 0) is 20.3 Å². The first-order valence-corrected chi connectivity index (χ1v) is 5.93. The summed E-state index contributed by atoms with van der Waals surface area (Å²) in [5.41, 5.74) is 0. The Hall–Kier alpha value is -1.37. The van der Waals surface area contributed by atoms with Gasteiger partial charge in [0, 0.05) is 13.1 Å². The Balaban J connectivity index is 2.74. The first-order chi connectivity index (χ1) is 8.04. The van der Waals surface area contributed by atoms with Crippen molar-refractivity contribution in [2.24, 2.45) is 5.10 Å². The molecule has 0 saturated carbocycles. The number of nitrogens with one attached hydrogen (secondary N) is 1. The second-order valence-corrected chi connectivity index (χ2v) is 4.21. The van der Waals surface area contributed by atoms with E-state index >= 15 is 0 Å². The van der Waals surface area contributed by atoms with Crippen LogP contribution in [-0.2, 0) is 4.74 Å². The fraction of sp³-hybridized carbons (Fsp3) is 0.900. The third-order valence-corrected chi connectivity index (χ3v) is 2.40. The van der Waals surface area contributed by atoms with Gasteiger partial charge < -0.3 is 15.0 Å². The number of hydrogen-bond donors (Lipinski definition) is 1. The van der Waals surface area contributed by atoms with Crippen LogP contribution in [-0.4, -0.2) is 41.3 Å². The molecule has 1 rings (SSSR count). The van der Waals surface area contributed by atoms with Gasteiger partial charge in [0.25, 0.3) is 5.96 Å². The predicted molar refractivity (Wildman–Crippen MR) is 64.1 cm³/mol. The molecule has 0 aliphatic carbocycles. The molecule has 7 nitrogen and oxygen atoms in total. The summed E-state index contributed by atoms with van der Waals surface area (Å²) in [5, 5.41) is 16.0. The van der Waals surface area contributed by atoms with E-state index in [-0.39, 0.29) is 12.3 Å². The van der Waals surface area contributed by atoms with Crippen LogP contribution in [0, 0.1) is 10.1 Å². The van der Waals surface area contributed by atoms with Crippen LogP contribution in [0.15, 0.2) is 5.10 Å². The van der Waals surface area contributed by atoms with Crippen LogP contribution < -0.4 is 5.32 Å². The van der Waals surface area contributed by atoms with Crippen molar-refractivity contribution in [3.05, 3.63) is 10.1 Å². The third-order valence-electron chi connectivity index (χ3n) is 2.40. The van der Waals surface area contributed by atoms with Crippen molar-refractivity contribution < 1.29 is 9.77 Å². The van der Waals surface area contributed by atoms with E-state index in [9.17, 15) is 10.1 Å². The van der Waals surface area contributed by atoms with Crippen molar-refractivity contribution in [1.82, 2.24) is 10.2 Å². The number of hydrazone groups is 1. The maximum atomic E-state index is 10.4. The smallest absolute Gasteiger partial charge is 0.273 e. The quantitative estimate of drug-likeness (QED) is 0.556. The zero-order valence-electron chi connectivity index (χ0n) is 10.5. The SMILES string of the molecule is CCCC(OC(C)C)N1CCNC1=N[N+](=O)[O-]. The van der Waals surface area contributed by atoms with Gasteiger partial charge in [0.15, 0.2) is 5.03 Å². The molecular weight excluding hydrogens is 224 g/mol. The van der Waals surface area contributed by atoms with Crippen LogP contribution in [0.2, 0.25) is 0 Å². The lowest BCUT2D eigenvalue weighted by atomic mass is 10.3. The number of ether oxygens (including phenoxy) is 1. The highest BCUT2D eigenvalue weighted by Crippen LogP contribution is 2.14. The summed E-state index contributed by atoms with van der Waals surface area (Å²) >= 11 is 0. The van der Waals surface area contributed by atoms with Crippen molar-refractivity contribution in [3.8, 4) is 0 Å². The van der Waals surface area contributed by atoms with E-state index in [1.54, 1.807) is 0 Å². The first kappa shape index (κ1) is 13.7. The zero-order chi connectivity index (χ0) is 12.8. The van der Waals surface area contributed by atoms with Gasteiger partial charge in [0.2, 0.25) is 0 Å². The average molecular weight is 244 g/mol. The minimum Gasteiger partial charge on any atom is -0.356 e. The molecule has 0 aromatic heterocycles. The molecule has 98 valence electrons. The Morgan fingerprint density at radius 1 is 1.65 bits per heavy atom. The summed E-state index contributed by atoms with van der Waals surface area (Å²) in [6, 6.07) is 0. The standard InChI is InChI=1S/C10H20N4O3/c1-4-5-9(17-8(2)3)13-7-6-11-10(13)12-14(15)16/h8-9H,4-7H2,1-3H3,(H,11,12). The summed E-state index contributed by atoms with van der Waals surface area (Å²) < 4.78 is 5.77. The lowest BCUT2D eigenvalue weighted by Gasteiger charge is -2.29. The van der Waals surface area contributed by atoms with Crippen LogP contribution in [0.4, 0.5) is 0 Å². The van der Waals surface area contributed by atoms with Crippen molar-refractivity contribution in [1.29, 1.82) is 0 Å². The van der Waals surface area contributed by atoms with E-state index in [2.05, 4.69) is 17.3 Å². The molecule has 0 amide bonds. The average Bonchev–Trinajstić information content (AvgIpc) is 2.63. The molecule has 0 spiro atoms. The van der Waals surface area contributed by atoms with Crippen molar-refractivity contribution in [3.63, 3.8) is 0 Å². The molecule has 1 aliphatic heterocycles. The highest BCUT2D eigenvalue weighted by molar-refractivity contribution is 5.81. The normalized spacial score (nSPS) is 19.8. The Kier molecular flexibility index (Phi) is 5.14. The minimum absolute atomic E-state index is 0.0870. The van der Waals surface area contributed by atoms with Gasteiger partial charge in [-0.25, -0.2) is 10.1 Å². The molecule has 1 fully saturated rings. The minimum atomic E-state index is -0.682. The lowest BCUT2D eigenvalue weighted by molar-refractivity contribution is -0.486. The van der Waals surface area contributed by atoms with Gasteiger partial charge in [-0.1, -0.05) is 13.3 Å². The summed E-state index contributed by atoms with van der Waals surface area (Å²) in [6.07, 6.45) is 1.73. The van der Waals surface area contributed by atoms with Gasteiger partial charge in [-0.2, -0.15) is 0 Å². The molecule has 1 heterocycles. The first-order valence-electron chi connectivity index (χ1n) is 5.93. The van der Waals surface area contributed by atoms with Gasteiger partial charge >= 0.3 is 0 Å². The molecule has 0 aromatic carbocycles. The topological polar surface area (TPSA) is 80.0 Å². The van der Waals surface area contributed by atoms with Crippen LogP contribution in [0.1, 0.15) is 33.6 Å². The van der Waals surface area contributed by atoms with E-state index < -0.39 is 5.03 Å². The van der Waals surface area contributed by atoms with E-state index in [0.29, 0.717) is 19.0 Å². The van der Waals surface area contributed by atoms with Crippen LogP contribution in [0.3, 0.4) is 0 Å². The Morgan fingerprint density at radius 3 is 2.88 bits per heavy atom. The summed E-state index contributed by atoms with van der Waals surface area (Å²) in [7, 11) is 0. The highest BCUT2D eigenvalue weighted by Gasteiger charge is 2.29. The summed E-state index contributed by atoms with van der Waals surface area (Å²) in [5.74, 6) is 0.300. The van der Waals surface area contributed by atoms with Crippen LogP contribution in [0.5, 0.6) is 0 Å². The second-order valence-electron chi connectivity index (χ2n) is 4.21. The number of nitrogens with zero attached hydrogens (tertiary/aromatic N) is 3.